The van der Waals surface area contributed by atoms with Gasteiger partial charge in [0.15, 0.2) is 6.10 Å². The lowest BCUT2D eigenvalue weighted by Gasteiger charge is -2.20. The largest absolute Gasteiger partial charge is 0.472 e. The maximum atomic E-state index is 12.5. The number of carbonyl (C=O) groups is 2. The maximum absolute atomic E-state index is 12.5. The summed E-state index contributed by atoms with van der Waals surface area (Å²) in [5, 5.41) is 18.2. The highest BCUT2D eigenvalue weighted by Crippen LogP contribution is 2.43. The van der Waals surface area contributed by atoms with Gasteiger partial charge in [-0.15, -0.1) is 0 Å². The molecule has 0 amide bonds. The van der Waals surface area contributed by atoms with E-state index in [9.17, 15) is 24.2 Å². The summed E-state index contributed by atoms with van der Waals surface area (Å²) in [6.07, 6.45) is 31.0. The zero-order chi connectivity index (χ0) is 37.0. The first-order valence-corrected chi connectivity index (χ1v) is 22.0. The van der Waals surface area contributed by atoms with E-state index in [-0.39, 0.29) is 19.4 Å². The Bertz CT molecular complexity index is 812. The van der Waals surface area contributed by atoms with Gasteiger partial charge in [0.25, 0.3) is 0 Å². The SMILES string of the molecule is CCCCCCCCCCCCCCCCCCCCCCC(=O)O[C@H](COC(=O)CCCCCCCCC)COP(=O)(O)OC[C@@H](O)CO. The molecule has 0 aliphatic heterocycles. The third kappa shape index (κ3) is 35.4. The second-order valence-corrected chi connectivity index (χ2v) is 15.5. The summed E-state index contributed by atoms with van der Waals surface area (Å²) in [6.45, 7) is 2.35. The zero-order valence-electron chi connectivity index (χ0n) is 32.1. The normalized spacial score (nSPS) is 13.9. The molecule has 50 heavy (non-hydrogen) atoms. The summed E-state index contributed by atoms with van der Waals surface area (Å²) in [6, 6.07) is 0. The minimum absolute atomic E-state index is 0.192. The van der Waals surface area contributed by atoms with Crippen molar-refractivity contribution in [2.75, 3.05) is 26.4 Å². The molecule has 10 nitrogen and oxygen atoms in total. The first kappa shape index (κ1) is 49.0. The average molecular weight is 737 g/mol. The van der Waals surface area contributed by atoms with Gasteiger partial charge in [-0.05, 0) is 12.8 Å². The van der Waals surface area contributed by atoms with Crippen molar-refractivity contribution < 1.29 is 47.8 Å². The Hall–Kier alpha value is -1.03. The van der Waals surface area contributed by atoms with Crippen LogP contribution in [-0.4, -0.2) is 65.7 Å². The molecule has 0 saturated carbocycles. The zero-order valence-corrected chi connectivity index (χ0v) is 33.0. The van der Waals surface area contributed by atoms with Gasteiger partial charge in [0, 0.05) is 12.8 Å². The number of ether oxygens (including phenoxy) is 2. The van der Waals surface area contributed by atoms with E-state index in [2.05, 4.69) is 18.4 Å². The predicted molar refractivity (Wildman–Crippen MR) is 201 cm³/mol. The first-order valence-electron chi connectivity index (χ1n) is 20.5. The highest BCUT2D eigenvalue weighted by Gasteiger charge is 2.27. The molecule has 0 bridgehead atoms. The van der Waals surface area contributed by atoms with Crippen molar-refractivity contribution in [3.63, 3.8) is 0 Å². The predicted octanol–water partition coefficient (Wildman–Crippen LogP) is 10.3. The number of aliphatic hydroxyl groups excluding tert-OH is 2. The fourth-order valence-corrected chi connectivity index (χ4v) is 6.61. The number of rotatable bonds is 39. The van der Waals surface area contributed by atoms with Crippen molar-refractivity contribution in [1.29, 1.82) is 0 Å². The van der Waals surface area contributed by atoms with Gasteiger partial charge >= 0.3 is 19.8 Å². The Balaban J connectivity index is 4.13. The van der Waals surface area contributed by atoms with Crippen LogP contribution in [0.3, 0.4) is 0 Å². The molecule has 3 N–H and O–H groups in total. The Morgan fingerprint density at radius 3 is 1.24 bits per heavy atom. The number of unbranched alkanes of at least 4 members (excludes halogenated alkanes) is 25. The number of carbonyl (C=O) groups excluding carboxylic acids is 2. The van der Waals surface area contributed by atoms with Crippen molar-refractivity contribution in [3.05, 3.63) is 0 Å². The Kier molecular flexibility index (Phi) is 35.6. The quantitative estimate of drug-likeness (QED) is 0.0316. The Morgan fingerprint density at radius 1 is 0.520 bits per heavy atom. The van der Waals surface area contributed by atoms with Crippen molar-refractivity contribution in [1.82, 2.24) is 0 Å². The van der Waals surface area contributed by atoms with Crippen LogP contribution in [-0.2, 0) is 32.7 Å². The summed E-state index contributed by atoms with van der Waals surface area (Å²) < 4.78 is 32.5. The minimum atomic E-state index is -4.60. The molecule has 3 atom stereocenters. The second kappa shape index (κ2) is 36.3. The van der Waals surface area contributed by atoms with Gasteiger partial charge in [-0.2, -0.15) is 0 Å². The maximum Gasteiger partial charge on any atom is 0.472 e. The van der Waals surface area contributed by atoms with Gasteiger partial charge in [-0.3, -0.25) is 18.6 Å². The van der Waals surface area contributed by atoms with E-state index < -0.39 is 51.8 Å². The van der Waals surface area contributed by atoms with Crippen LogP contribution in [0.4, 0.5) is 0 Å². The molecule has 0 rings (SSSR count). The number of phosphoric ester groups is 1. The lowest BCUT2D eigenvalue weighted by atomic mass is 10.0. The fourth-order valence-electron chi connectivity index (χ4n) is 5.82. The number of hydrogen-bond acceptors (Lipinski definition) is 9. The van der Waals surface area contributed by atoms with Crippen LogP contribution in [0.2, 0.25) is 0 Å². The fraction of sp³-hybridized carbons (Fsp3) is 0.949. The second-order valence-electron chi connectivity index (χ2n) is 14.0. The number of aliphatic hydroxyl groups is 2. The molecule has 0 aliphatic rings. The topological polar surface area (TPSA) is 149 Å². The van der Waals surface area contributed by atoms with Crippen molar-refractivity contribution in [3.8, 4) is 0 Å². The summed E-state index contributed by atoms with van der Waals surface area (Å²) >= 11 is 0. The van der Waals surface area contributed by atoms with Crippen molar-refractivity contribution in [2.45, 2.75) is 212 Å². The molecule has 0 aromatic heterocycles. The molecule has 0 saturated heterocycles. The number of hydrogen-bond donors (Lipinski definition) is 3. The van der Waals surface area contributed by atoms with Crippen molar-refractivity contribution in [2.24, 2.45) is 0 Å². The first-order chi connectivity index (χ1) is 24.2. The van der Waals surface area contributed by atoms with Gasteiger partial charge in [0.1, 0.15) is 12.7 Å². The molecule has 0 radical (unpaired) electrons. The van der Waals surface area contributed by atoms with Gasteiger partial charge in [0.2, 0.25) is 0 Å². The third-order valence-corrected chi connectivity index (χ3v) is 9.96. The summed E-state index contributed by atoms with van der Waals surface area (Å²) in [5.74, 6) is -0.920. The minimum Gasteiger partial charge on any atom is -0.462 e. The summed E-state index contributed by atoms with van der Waals surface area (Å²) in [5.41, 5.74) is 0. The summed E-state index contributed by atoms with van der Waals surface area (Å²) in [4.78, 5) is 34.7. The van der Waals surface area contributed by atoms with E-state index in [1.165, 1.54) is 122 Å². The molecule has 0 heterocycles. The summed E-state index contributed by atoms with van der Waals surface area (Å²) in [7, 11) is -4.60. The van der Waals surface area contributed by atoms with E-state index in [0.29, 0.717) is 12.8 Å². The molecular weight excluding hydrogens is 659 g/mol. The molecule has 0 aliphatic carbocycles. The van der Waals surface area contributed by atoms with Crippen LogP contribution in [0.25, 0.3) is 0 Å². The van der Waals surface area contributed by atoms with Crippen LogP contribution in [0.15, 0.2) is 0 Å². The van der Waals surface area contributed by atoms with Crippen LogP contribution in [0, 0.1) is 0 Å². The lowest BCUT2D eigenvalue weighted by Crippen LogP contribution is -2.29. The highest BCUT2D eigenvalue weighted by atomic mass is 31.2. The highest BCUT2D eigenvalue weighted by molar-refractivity contribution is 7.47. The van der Waals surface area contributed by atoms with Crippen molar-refractivity contribution >= 4 is 19.8 Å². The van der Waals surface area contributed by atoms with Gasteiger partial charge in [-0.25, -0.2) is 4.57 Å². The van der Waals surface area contributed by atoms with Crippen LogP contribution in [0.5, 0.6) is 0 Å². The third-order valence-electron chi connectivity index (χ3n) is 9.01. The van der Waals surface area contributed by atoms with Crippen LogP contribution < -0.4 is 0 Å². The molecule has 0 spiro atoms. The molecule has 0 fully saturated rings. The smallest absolute Gasteiger partial charge is 0.462 e. The molecule has 0 aromatic rings. The Morgan fingerprint density at radius 2 is 0.860 bits per heavy atom. The van der Waals surface area contributed by atoms with E-state index in [0.717, 1.165) is 38.5 Å². The Labute approximate surface area is 305 Å². The average Bonchev–Trinajstić information content (AvgIpc) is 3.10. The molecule has 1 unspecified atom stereocenters. The van der Waals surface area contributed by atoms with Gasteiger partial charge in [-0.1, -0.05) is 174 Å². The standard InChI is InChI=1S/C39H77O10P/c1-3-5-7-9-11-12-13-14-15-16-17-18-19-20-21-22-23-25-27-29-31-39(43)49-37(35-48-50(44,45)47-33-36(41)32-40)34-46-38(42)30-28-26-24-10-8-6-4-2/h36-37,40-41H,3-35H2,1-2H3,(H,44,45)/t36-,37+/m0/s1. The monoisotopic (exact) mass is 737 g/mol. The van der Waals surface area contributed by atoms with E-state index >= 15 is 0 Å². The van der Waals surface area contributed by atoms with Gasteiger partial charge in [0.05, 0.1) is 19.8 Å². The molecule has 0 aromatic carbocycles. The molecule has 11 heteroatoms. The van der Waals surface area contributed by atoms with Crippen LogP contribution in [0.1, 0.15) is 200 Å². The van der Waals surface area contributed by atoms with Crippen LogP contribution >= 0.6 is 7.82 Å². The number of phosphoric acid groups is 1. The van der Waals surface area contributed by atoms with Gasteiger partial charge < -0.3 is 24.6 Å². The van der Waals surface area contributed by atoms with E-state index in [1.54, 1.807) is 0 Å². The number of esters is 2. The molecule has 298 valence electrons. The van der Waals surface area contributed by atoms with E-state index in [1.807, 2.05) is 0 Å². The van der Waals surface area contributed by atoms with E-state index in [4.69, 9.17) is 19.1 Å². The lowest BCUT2D eigenvalue weighted by molar-refractivity contribution is -0.161. The molecular formula is C39H77O10P.